The van der Waals surface area contributed by atoms with E-state index in [0.717, 1.165) is 11.3 Å². The second-order valence-corrected chi connectivity index (χ2v) is 4.61. The lowest BCUT2D eigenvalue weighted by Gasteiger charge is -2.13. The van der Waals surface area contributed by atoms with Crippen LogP contribution in [0.2, 0.25) is 0 Å². The molecule has 1 amide bonds. The van der Waals surface area contributed by atoms with Gasteiger partial charge in [-0.3, -0.25) is 4.79 Å². The number of nitrogens with one attached hydrogen (secondary N) is 2. The third-order valence-electron chi connectivity index (χ3n) is 3.15. The van der Waals surface area contributed by atoms with Crippen LogP contribution in [0.1, 0.15) is 18.9 Å². The number of ether oxygens (including phenoxy) is 1. The molecule has 0 radical (unpaired) electrons. The molecule has 2 rings (SSSR count). The second-order valence-electron chi connectivity index (χ2n) is 4.61. The third kappa shape index (κ3) is 3.68. The van der Waals surface area contributed by atoms with Crippen molar-refractivity contribution >= 4 is 5.91 Å². The van der Waals surface area contributed by atoms with E-state index in [1.807, 2.05) is 31.2 Å². The number of rotatable bonds is 5. The number of carbonyl (C=O) groups excluding carboxylic acids is 1. The summed E-state index contributed by atoms with van der Waals surface area (Å²) in [5.41, 5.74) is 0.955. The van der Waals surface area contributed by atoms with E-state index in [9.17, 15) is 9.90 Å². The smallest absolute Gasteiger partial charge is 0.237 e. The maximum absolute atomic E-state index is 11.9. The predicted octanol–water partition coefficient (Wildman–Crippen LogP) is 0.424. The molecule has 0 bridgehead atoms. The topological polar surface area (TPSA) is 70.6 Å². The highest BCUT2D eigenvalue weighted by Gasteiger charge is 2.27. The monoisotopic (exact) mass is 264 g/mol. The lowest BCUT2D eigenvalue weighted by atomic mass is 10.1. The summed E-state index contributed by atoms with van der Waals surface area (Å²) in [5, 5.41) is 15.2. The van der Waals surface area contributed by atoms with Gasteiger partial charge in [-0.25, -0.2) is 0 Å². The molecule has 1 saturated heterocycles. The first-order chi connectivity index (χ1) is 9.20. The summed E-state index contributed by atoms with van der Waals surface area (Å²) in [4.78, 5) is 11.9. The molecule has 1 aliphatic rings. The summed E-state index contributed by atoms with van der Waals surface area (Å²) in [7, 11) is 0. The van der Waals surface area contributed by atoms with E-state index >= 15 is 0 Å². The van der Waals surface area contributed by atoms with Gasteiger partial charge in [0.15, 0.2) is 0 Å². The average Bonchev–Trinajstić information content (AvgIpc) is 2.84. The number of amides is 1. The van der Waals surface area contributed by atoms with Crippen LogP contribution in [0.25, 0.3) is 0 Å². The maximum atomic E-state index is 11.9. The standard InChI is InChI=1S/C14H20N2O3/c1-2-19-13-6-4-3-5-10(13)8-16-14(18)12-7-11(17)9-15-12/h3-6,11-12,15,17H,2,7-9H2,1H3,(H,16,18). The molecule has 5 heteroatoms. The molecule has 104 valence electrons. The van der Waals surface area contributed by atoms with Gasteiger partial charge in [-0.1, -0.05) is 18.2 Å². The van der Waals surface area contributed by atoms with Crippen LogP contribution in [0, 0.1) is 0 Å². The lowest BCUT2D eigenvalue weighted by molar-refractivity contribution is -0.123. The number of aliphatic hydroxyl groups excluding tert-OH is 1. The molecule has 0 aromatic heterocycles. The van der Waals surface area contributed by atoms with Crippen LogP contribution >= 0.6 is 0 Å². The highest BCUT2D eigenvalue weighted by Crippen LogP contribution is 2.17. The van der Waals surface area contributed by atoms with Crippen LogP contribution in [0.15, 0.2) is 24.3 Å². The first-order valence-electron chi connectivity index (χ1n) is 6.60. The molecule has 0 saturated carbocycles. The van der Waals surface area contributed by atoms with E-state index in [1.165, 1.54) is 0 Å². The summed E-state index contributed by atoms with van der Waals surface area (Å²) in [5.74, 6) is 0.715. The van der Waals surface area contributed by atoms with Crippen LogP contribution in [-0.4, -0.2) is 36.3 Å². The van der Waals surface area contributed by atoms with Gasteiger partial charge in [-0.15, -0.1) is 0 Å². The first kappa shape index (κ1) is 13.8. The molecule has 2 atom stereocenters. The Morgan fingerprint density at radius 2 is 2.32 bits per heavy atom. The van der Waals surface area contributed by atoms with Gasteiger partial charge in [0.05, 0.1) is 18.8 Å². The minimum absolute atomic E-state index is 0.0807. The molecule has 3 N–H and O–H groups in total. The van der Waals surface area contributed by atoms with E-state index in [2.05, 4.69) is 10.6 Å². The van der Waals surface area contributed by atoms with E-state index in [-0.39, 0.29) is 11.9 Å². The predicted molar refractivity (Wildman–Crippen MR) is 71.9 cm³/mol. The fraction of sp³-hybridized carbons (Fsp3) is 0.500. The number of hydrogen-bond acceptors (Lipinski definition) is 4. The van der Waals surface area contributed by atoms with Crippen molar-refractivity contribution in [1.29, 1.82) is 0 Å². The average molecular weight is 264 g/mol. The van der Waals surface area contributed by atoms with Crippen LogP contribution in [0.3, 0.4) is 0 Å². The molecule has 1 heterocycles. The molecule has 2 unspecified atom stereocenters. The highest BCUT2D eigenvalue weighted by atomic mass is 16.5. The summed E-state index contributed by atoms with van der Waals surface area (Å²) in [6.07, 6.45) is 0.0466. The second kappa shape index (κ2) is 6.54. The number of carbonyl (C=O) groups is 1. The Hall–Kier alpha value is -1.59. The van der Waals surface area contributed by atoms with Crippen molar-refractivity contribution in [3.63, 3.8) is 0 Å². The Bertz CT molecular complexity index is 436. The fourth-order valence-corrected chi connectivity index (χ4v) is 2.17. The molecule has 0 spiro atoms. The number of para-hydroxylation sites is 1. The van der Waals surface area contributed by atoms with Gasteiger partial charge in [-0.05, 0) is 19.4 Å². The Labute approximate surface area is 113 Å². The van der Waals surface area contributed by atoms with Gasteiger partial charge in [0.25, 0.3) is 0 Å². The number of benzene rings is 1. The van der Waals surface area contributed by atoms with Crippen molar-refractivity contribution < 1.29 is 14.6 Å². The molecule has 1 aliphatic heterocycles. The zero-order valence-electron chi connectivity index (χ0n) is 11.1. The SMILES string of the molecule is CCOc1ccccc1CNC(=O)C1CC(O)CN1. The van der Waals surface area contributed by atoms with E-state index in [1.54, 1.807) is 0 Å². The highest BCUT2D eigenvalue weighted by molar-refractivity contribution is 5.82. The Morgan fingerprint density at radius 3 is 3.00 bits per heavy atom. The minimum atomic E-state index is -0.425. The summed E-state index contributed by atoms with van der Waals surface area (Å²) in [6, 6.07) is 7.35. The van der Waals surface area contributed by atoms with E-state index in [0.29, 0.717) is 26.1 Å². The number of aliphatic hydroxyl groups is 1. The normalized spacial score (nSPS) is 22.2. The van der Waals surface area contributed by atoms with E-state index in [4.69, 9.17) is 4.74 Å². The van der Waals surface area contributed by atoms with Gasteiger partial charge in [0.1, 0.15) is 5.75 Å². The summed E-state index contributed by atoms with van der Waals surface area (Å²) >= 11 is 0. The Kier molecular flexibility index (Phi) is 4.76. The lowest BCUT2D eigenvalue weighted by Crippen LogP contribution is -2.40. The molecule has 19 heavy (non-hydrogen) atoms. The van der Waals surface area contributed by atoms with Gasteiger partial charge >= 0.3 is 0 Å². The fourth-order valence-electron chi connectivity index (χ4n) is 2.17. The molecule has 1 aromatic rings. The molecule has 0 aliphatic carbocycles. The van der Waals surface area contributed by atoms with Crippen molar-refractivity contribution in [2.75, 3.05) is 13.2 Å². The number of hydrogen-bond donors (Lipinski definition) is 3. The summed E-state index contributed by atoms with van der Waals surface area (Å²) < 4.78 is 5.50. The molecular weight excluding hydrogens is 244 g/mol. The van der Waals surface area contributed by atoms with Gasteiger partial charge < -0.3 is 20.5 Å². The molecular formula is C14H20N2O3. The summed E-state index contributed by atoms with van der Waals surface area (Å²) in [6.45, 7) is 3.44. The van der Waals surface area contributed by atoms with Gasteiger partial charge in [0.2, 0.25) is 5.91 Å². The largest absolute Gasteiger partial charge is 0.494 e. The Morgan fingerprint density at radius 1 is 1.53 bits per heavy atom. The molecule has 1 fully saturated rings. The van der Waals surface area contributed by atoms with Crippen molar-refractivity contribution in [3.05, 3.63) is 29.8 Å². The first-order valence-corrected chi connectivity index (χ1v) is 6.60. The molecule has 5 nitrogen and oxygen atoms in total. The van der Waals surface area contributed by atoms with Crippen molar-refractivity contribution in [1.82, 2.24) is 10.6 Å². The van der Waals surface area contributed by atoms with E-state index < -0.39 is 6.10 Å². The van der Waals surface area contributed by atoms with Crippen LogP contribution in [0.5, 0.6) is 5.75 Å². The zero-order chi connectivity index (χ0) is 13.7. The van der Waals surface area contributed by atoms with Gasteiger partial charge in [-0.2, -0.15) is 0 Å². The van der Waals surface area contributed by atoms with Crippen molar-refractivity contribution in [3.8, 4) is 5.75 Å². The molecule has 1 aromatic carbocycles. The maximum Gasteiger partial charge on any atom is 0.237 e. The van der Waals surface area contributed by atoms with Gasteiger partial charge in [0, 0.05) is 18.7 Å². The van der Waals surface area contributed by atoms with Crippen LogP contribution in [0.4, 0.5) is 0 Å². The number of β-amino-alcohol motifs (C(OH)–C–C–N with tert-alkyl or cyclic N) is 1. The quantitative estimate of drug-likeness (QED) is 0.721. The van der Waals surface area contributed by atoms with Crippen LogP contribution in [-0.2, 0) is 11.3 Å². The minimum Gasteiger partial charge on any atom is -0.494 e. The van der Waals surface area contributed by atoms with Crippen LogP contribution < -0.4 is 15.4 Å². The third-order valence-corrected chi connectivity index (χ3v) is 3.15. The Balaban J connectivity index is 1.89. The zero-order valence-corrected chi connectivity index (χ0v) is 11.1. The van der Waals surface area contributed by atoms with Crippen molar-refractivity contribution in [2.45, 2.75) is 32.0 Å². The van der Waals surface area contributed by atoms with Crippen molar-refractivity contribution in [2.24, 2.45) is 0 Å².